The van der Waals surface area contributed by atoms with Crippen molar-refractivity contribution < 1.29 is 4.79 Å². The molecule has 122 valence electrons. The lowest BCUT2D eigenvalue weighted by atomic mass is 10.0. The van der Waals surface area contributed by atoms with Crippen LogP contribution in [0.2, 0.25) is 0 Å². The molecular formula is C17H16BrN5O. The van der Waals surface area contributed by atoms with E-state index in [1.165, 1.54) is 0 Å². The normalized spacial score (nSPS) is 14.0. The summed E-state index contributed by atoms with van der Waals surface area (Å²) >= 11 is 3.44. The van der Waals surface area contributed by atoms with Crippen molar-refractivity contribution >= 4 is 32.9 Å². The molecule has 4 heterocycles. The van der Waals surface area contributed by atoms with Crippen LogP contribution in [0.3, 0.4) is 0 Å². The highest BCUT2D eigenvalue weighted by molar-refractivity contribution is 9.10. The number of hydrogen-bond donors (Lipinski definition) is 0. The van der Waals surface area contributed by atoms with Gasteiger partial charge in [-0.15, -0.1) is 0 Å². The van der Waals surface area contributed by atoms with Gasteiger partial charge < -0.3 is 4.90 Å². The molecule has 1 aliphatic heterocycles. The van der Waals surface area contributed by atoms with Crippen LogP contribution in [-0.2, 0) is 20.0 Å². The van der Waals surface area contributed by atoms with Crippen LogP contribution < -0.4 is 0 Å². The molecule has 1 aliphatic rings. The van der Waals surface area contributed by atoms with Crippen molar-refractivity contribution in [2.24, 2.45) is 7.05 Å². The number of fused-ring (bicyclic) bond motifs is 2. The number of aryl methyl sites for hydroxylation is 2. The van der Waals surface area contributed by atoms with Crippen LogP contribution in [0.1, 0.15) is 27.4 Å². The second-order valence-electron chi connectivity index (χ2n) is 6.07. The maximum atomic E-state index is 12.8. The second kappa shape index (κ2) is 5.66. The highest BCUT2D eigenvalue weighted by Gasteiger charge is 2.25. The Hall–Kier alpha value is -2.28. The Kier molecular flexibility index (Phi) is 3.60. The van der Waals surface area contributed by atoms with Crippen LogP contribution in [0.25, 0.3) is 11.0 Å². The van der Waals surface area contributed by atoms with Gasteiger partial charge in [-0.3, -0.25) is 9.48 Å². The minimum Gasteiger partial charge on any atom is -0.333 e. The number of hydrogen-bond acceptors (Lipinski definition) is 4. The molecule has 0 aromatic carbocycles. The van der Waals surface area contributed by atoms with Gasteiger partial charge in [0.1, 0.15) is 5.69 Å². The largest absolute Gasteiger partial charge is 0.333 e. The molecular weight excluding hydrogens is 370 g/mol. The molecule has 3 aromatic rings. The van der Waals surface area contributed by atoms with E-state index in [0.717, 1.165) is 38.9 Å². The van der Waals surface area contributed by atoms with Crippen LogP contribution >= 0.6 is 15.9 Å². The van der Waals surface area contributed by atoms with Gasteiger partial charge in [0.05, 0.1) is 5.69 Å². The van der Waals surface area contributed by atoms with E-state index in [4.69, 9.17) is 0 Å². The highest BCUT2D eigenvalue weighted by atomic mass is 79.9. The van der Waals surface area contributed by atoms with E-state index in [-0.39, 0.29) is 5.91 Å². The Balaban J connectivity index is 1.67. The van der Waals surface area contributed by atoms with Gasteiger partial charge in [0.25, 0.3) is 5.91 Å². The van der Waals surface area contributed by atoms with Gasteiger partial charge in [-0.05, 0) is 46.6 Å². The number of halogens is 1. The molecule has 0 spiro atoms. The third kappa shape index (κ3) is 2.58. The lowest BCUT2D eigenvalue weighted by molar-refractivity contribution is 0.0722. The van der Waals surface area contributed by atoms with E-state index < -0.39 is 0 Å². The monoisotopic (exact) mass is 385 g/mol. The third-order valence-electron chi connectivity index (χ3n) is 4.29. The maximum absolute atomic E-state index is 12.8. The smallest absolute Gasteiger partial charge is 0.272 e. The number of nitrogens with zero attached hydrogens (tertiary/aromatic N) is 5. The standard InChI is InChI=1S/C17H16BrN5O/c1-10-5-15(22(2)21-10)17(24)23-4-3-14-12(9-23)6-11-7-13(18)8-19-16(11)20-14/h5-8H,3-4,9H2,1-2H3. The fourth-order valence-electron chi connectivity index (χ4n) is 3.14. The molecule has 0 bridgehead atoms. The second-order valence-corrected chi connectivity index (χ2v) is 6.98. The Morgan fingerprint density at radius 2 is 2.12 bits per heavy atom. The molecule has 4 rings (SSSR count). The summed E-state index contributed by atoms with van der Waals surface area (Å²) in [6.07, 6.45) is 2.50. The number of rotatable bonds is 1. The van der Waals surface area contributed by atoms with Crippen molar-refractivity contribution in [2.45, 2.75) is 19.9 Å². The number of carbonyl (C=O) groups is 1. The fraction of sp³-hybridized carbons (Fsp3) is 0.294. The predicted octanol–water partition coefficient (Wildman–Crippen LogP) is 2.63. The summed E-state index contributed by atoms with van der Waals surface area (Å²) in [5.74, 6) is 0.0104. The minimum absolute atomic E-state index is 0.0104. The van der Waals surface area contributed by atoms with Gasteiger partial charge in [-0.2, -0.15) is 5.10 Å². The zero-order valence-corrected chi connectivity index (χ0v) is 15.0. The fourth-order valence-corrected chi connectivity index (χ4v) is 3.49. The predicted molar refractivity (Wildman–Crippen MR) is 93.6 cm³/mol. The van der Waals surface area contributed by atoms with Gasteiger partial charge in [0.15, 0.2) is 5.65 Å². The molecule has 7 heteroatoms. The van der Waals surface area contributed by atoms with Crippen LogP contribution in [0.15, 0.2) is 28.9 Å². The van der Waals surface area contributed by atoms with Crippen LogP contribution in [0.5, 0.6) is 0 Å². The maximum Gasteiger partial charge on any atom is 0.272 e. The zero-order chi connectivity index (χ0) is 16.8. The molecule has 0 saturated heterocycles. The molecule has 3 aromatic heterocycles. The Morgan fingerprint density at radius 1 is 1.29 bits per heavy atom. The summed E-state index contributed by atoms with van der Waals surface area (Å²) < 4.78 is 2.57. The van der Waals surface area contributed by atoms with E-state index in [1.54, 1.807) is 17.9 Å². The molecule has 1 amide bonds. The first-order chi connectivity index (χ1) is 11.5. The lowest BCUT2D eigenvalue weighted by Gasteiger charge is -2.28. The quantitative estimate of drug-likeness (QED) is 0.645. The number of carbonyl (C=O) groups excluding carboxylic acids is 1. The van der Waals surface area contributed by atoms with Crippen molar-refractivity contribution in [3.63, 3.8) is 0 Å². The van der Waals surface area contributed by atoms with Crippen molar-refractivity contribution in [3.05, 3.63) is 51.5 Å². The van der Waals surface area contributed by atoms with Crippen molar-refractivity contribution in [1.82, 2.24) is 24.6 Å². The molecule has 24 heavy (non-hydrogen) atoms. The van der Waals surface area contributed by atoms with E-state index in [2.05, 4.69) is 37.1 Å². The molecule has 0 radical (unpaired) electrons. The van der Waals surface area contributed by atoms with Crippen molar-refractivity contribution in [2.75, 3.05) is 6.54 Å². The van der Waals surface area contributed by atoms with Gasteiger partial charge in [0.2, 0.25) is 0 Å². The van der Waals surface area contributed by atoms with E-state index in [0.29, 0.717) is 18.8 Å². The Labute approximate surface area is 147 Å². The average Bonchev–Trinajstić information content (AvgIpc) is 2.90. The topological polar surface area (TPSA) is 63.9 Å². The first kappa shape index (κ1) is 15.3. The molecule has 0 atom stereocenters. The molecule has 0 unspecified atom stereocenters. The van der Waals surface area contributed by atoms with Crippen LogP contribution in [0.4, 0.5) is 0 Å². The zero-order valence-electron chi connectivity index (χ0n) is 13.5. The van der Waals surface area contributed by atoms with Crippen LogP contribution in [0, 0.1) is 6.92 Å². The van der Waals surface area contributed by atoms with Crippen molar-refractivity contribution in [1.29, 1.82) is 0 Å². The summed E-state index contributed by atoms with van der Waals surface area (Å²) in [7, 11) is 1.80. The molecule has 0 aliphatic carbocycles. The van der Waals surface area contributed by atoms with Crippen LogP contribution in [-0.4, -0.2) is 37.1 Å². The van der Waals surface area contributed by atoms with E-state index in [1.807, 2.05) is 24.0 Å². The minimum atomic E-state index is 0.0104. The SMILES string of the molecule is Cc1cc(C(=O)N2CCc3nc4ncc(Br)cc4cc3C2)n(C)n1. The number of pyridine rings is 2. The molecule has 0 fully saturated rings. The highest BCUT2D eigenvalue weighted by Crippen LogP contribution is 2.24. The summed E-state index contributed by atoms with van der Waals surface area (Å²) in [6, 6.07) is 5.92. The molecule has 0 saturated carbocycles. The van der Waals surface area contributed by atoms with Gasteiger partial charge in [0, 0.05) is 48.3 Å². The van der Waals surface area contributed by atoms with Gasteiger partial charge in [-0.25, -0.2) is 9.97 Å². The van der Waals surface area contributed by atoms with E-state index >= 15 is 0 Å². The Bertz CT molecular complexity index is 965. The lowest BCUT2D eigenvalue weighted by Crippen LogP contribution is -2.37. The number of aromatic nitrogens is 4. The first-order valence-electron chi connectivity index (χ1n) is 7.75. The third-order valence-corrected chi connectivity index (χ3v) is 4.72. The summed E-state index contributed by atoms with van der Waals surface area (Å²) in [5.41, 5.74) is 4.33. The average molecular weight is 386 g/mol. The first-order valence-corrected chi connectivity index (χ1v) is 8.54. The summed E-state index contributed by atoms with van der Waals surface area (Å²) in [5, 5.41) is 5.25. The molecule has 0 N–H and O–H groups in total. The van der Waals surface area contributed by atoms with Crippen molar-refractivity contribution in [3.8, 4) is 0 Å². The molecule has 6 nitrogen and oxygen atoms in total. The Morgan fingerprint density at radius 3 is 2.88 bits per heavy atom. The summed E-state index contributed by atoms with van der Waals surface area (Å²) in [6.45, 7) is 3.11. The number of amides is 1. The summed E-state index contributed by atoms with van der Waals surface area (Å²) in [4.78, 5) is 23.7. The van der Waals surface area contributed by atoms with Gasteiger partial charge >= 0.3 is 0 Å². The van der Waals surface area contributed by atoms with E-state index in [9.17, 15) is 4.79 Å². The van der Waals surface area contributed by atoms with Gasteiger partial charge in [-0.1, -0.05) is 0 Å².